The molecule has 0 saturated heterocycles. The van der Waals surface area contributed by atoms with Crippen molar-refractivity contribution in [3.05, 3.63) is 11.9 Å². The van der Waals surface area contributed by atoms with E-state index in [1.165, 1.54) is 25.7 Å². The molecule has 5 heteroatoms. The van der Waals surface area contributed by atoms with Crippen molar-refractivity contribution < 1.29 is 10.2 Å². The van der Waals surface area contributed by atoms with Crippen LogP contribution in [0.1, 0.15) is 57.2 Å². The fourth-order valence-corrected chi connectivity index (χ4v) is 2.69. The third-order valence-electron chi connectivity index (χ3n) is 3.76. The first kappa shape index (κ1) is 13.5. The predicted molar refractivity (Wildman–Crippen MR) is 67.9 cm³/mol. The first-order chi connectivity index (χ1) is 8.69. The van der Waals surface area contributed by atoms with Gasteiger partial charge >= 0.3 is 0 Å². The Morgan fingerprint density at radius 2 is 2.11 bits per heavy atom. The first-order valence-corrected chi connectivity index (χ1v) is 6.95. The molecule has 0 aromatic carbocycles. The van der Waals surface area contributed by atoms with Gasteiger partial charge in [0.05, 0.1) is 24.9 Å². The lowest BCUT2D eigenvalue weighted by molar-refractivity contribution is 0.119. The van der Waals surface area contributed by atoms with Crippen LogP contribution in [-0.4, -0.2) is 31.3 Å². The fraction of sp³-hybridized carbons (Fsp3) is 0.846. The van der Waals surface area contributed by atoms with Gasteiger partial charge in [0, 0.05) is 0 Å². The molecule has 2 unspecified atom stereocenters. The topological polar surface area (TPSA) is 71.2 Å². The lowest BCUT2D eigenvalue weighted by atomic mass is 10.0. The van der Waals surface area contributed by atoms with Gasteiger partial charge in [-0.05, 0) is 18.8 Å². The van der Waals surface area contributed by atoms with Crippen LogP contribution >= 0.6 is 0 Å². The maximum atomic E-state index is 10.0. The lowest BCUT2D eigenvalue weighted by Gasteiger charge is -2.14. The van der Waals surface area contributed by atoms with E-state index in [1.807, 2.05) is 6.92 Å². The van der Waals surface area contributed by atoms with Crippen LogP contribution in [0.15, 0.2) is 6.20 Å². The molecule has 0 bridgehead atoms. The Morgan fingerprint density at radius 3 is 2.78 bits per heavy atom. The van der Waals surface area contributed by atoms with Crippen LogP contribution in [0, 0.1) is 5.92 Å². The molecule has 0 amide bonds. The molecule has 2 atom stereocenters. The number of hydrogen-bond donors (Lipinski definition) is 2. The van der Waals surface area contributed by atoms with Crippen LogP contribution in [-0.2, 0) is 6.54 Å². The van der Waals surface area contributed by atoms with Gasteiger partial charge in [-0.3, -0.25) is 0 Å². The third-order valence-corrected chi connectivity index (χ3v) is 3.76. The van der Waals surface area contributed by atoms with Gasteiger partial charge in [-0.1, -0.05) is 37.8 Å². The van der Waals surface area contributed by atoms with E-state index in [9.17, 15) is 10.2 Å². The second-order valence-electron chi connectivity index (χ2n) is 5.33. The highest BCUT2D eigenvalue weighted by Crippen LogP contribution is 2.28. The Morgan fingerprint density at radius 1 is 1.39 bits per heavy atom. The number of aromatic nitrogens is 3. The maximum Gasteiger partial charge on any atom is 0.111 e. The summed E-state index contributed by atoms with van der Waals surface area (Å²) in [6.07, 6.45) is 7.39. The van der Waals surface area contributed by atoms with Crippen LogP contribution in [0.2, 0.25) is 0 Å². The molecule has 102 valence electrons. The minimum atomic E-state index is -0.550. The Balaban J connectivity index is 1.82. The summed E-state index contributed by atoms with van der Waals surface area (Å²) in [5, 5.41) is 27.5. The van der Waals surface area contributed by atoms with Gasteiger partial charge in [0.2, 0.25) is 0 Å². The molecule has 1 aromatic rings. The van der Waals surface area contributed by atoms with Gasteiger partial charge in [-0.25, -0.2) is 4.68 Å². The quantitative estimate of drug-likeness (QED) is 0.809. The van der Waals surface area contributed by atoms with Crippen molar-refractivity contribution in [1.29, 1.82) is 0 Å². The van der Waals surface area contributed by atoms with Crippen molar-refractivity contribution in [1.82, 2.24) is 15.0 Å². The summed E-state index contributed by atoms with van der Waals surface area (Å²) in [5.41, 5.74) is 0.588. The van der Waals surface area contributed by atoms with Crippen molar-refractivity contribution in [2.75, 3.05) is 0 Å². The maximum absolute atomic E-state index is 10.0. The molecule has 0 spiro atoms. The molecule has 0 radical (unpaired) electrons. The average molecular weight is 253 g/mol. The second kappa shape index (κ2) is 6.29. The number of nitrogens with zero attached hydrogens (tertiary/aromatic N) is 3. The second-order valence-corrected chi connectivity index (χ2v) is 5.33. The minimum Gasteiger partial charge on any atom is -0.391 e. The molecule has 1 heterocycles. The highest BCUT2D eigenvalue weighted by molar-refractivity contribution is 4.96. The zero-order chi connectivity index (χ0) is 13.0. The molecule has 1 saturated carbocycles. The van der Waals surface area contributed by atoms with E-state index in [1.54, 1.807) is 10.9 Å². The Hall–Kier alpha value is -0.940. The third kappa shape index (κ3) is 3.53. The van der Waals surface area contributed by atoms with Crippen molar-refractivity contribution in [2.45, 2.75) is 64.2 Å². The number of rotatable bonds is 6. The predicted octanol–water partition coefficient (Wildman–Crippen LogP) is 1.66. The van der Waals surface area contributed by atoms with Gasteiger partial charge in [-0.15, -0.1) is 5.10 Å². The van der Waals surface area contributed by atoms with Crippen LogP contribution < -0.4 is 0 Å². The van der Waals surface area contributed by atoms with Crippen LogP contribution in [0.5, 0.6) is 0 Å². The van der Waals surface area contributed by atoms with E-state index in [0.29, 0.717) is 24.6 Å². The van der Waals surface area contributed by atoms with Crippen molar-refractivity contribution in [3.63, 3.8) is 0 Å². The molecule has 1 aliphatic carbocycles. The van der Waals surface area contributed by atoms with E-state index in [4.69, 9.17) is 0 Å². The molecule has 1 fully saturated rings. The van der Waals surface area contributed by atoms with Gasteiger partial charge in [0.25, 0.3) is 0 Å². The molecule has 1 aromatic heterocycles. The van der Waals surface area contributed by atoms with Crippen LogP contribution in [0.25, 0.3) is 0 Å². The summed E-state index contributed by atoms with van der Waals surface area (Å²) in [4.78, 5) is 0. The normalized spacial score (nSPS) is 20.2. The van der Waals surface area contributed by atoms with Crippen molar-refractivity contribution in [3.8, 4) is 0 Å². The Labute approximate surface area is 108 Å². The molecule has 1 aliphatic rings. The number of hydrogen-bond acceptors (Lipinski definition) is 4. The van der Waals surface area contributed by atoms with Crippen molar-refractivity contribution in [2.24, 2.45) is 5.92 Å². The number of aliphatic hydroxyl groups is 2. The van der Waals surface area contributed by atoms with E-state index < -0.39 is 6.10 Å². The summed E-state index contributed by atoms with van der Waals surface area (Å²) in [5.74, 6) is 0.671. The van der Waals surface area contributed by atoms with E-state index in [2.05, 4.69) is 10.3 Å². The zero-order valence-corrected chi connectivity index (χ0v) is 11.0. The number of aliphatic hydroxyl groups excluding tert-OH is 2. The molecule has 5 nitrogen and oxygen atoms in total. The summed E-state index contributed by atoms with van der Waals surface area (Å²) >= 11 is 0. The average Bonchev–Trinajstić information content (AvgIpc) is 2.99. The summed E-state index contributed by atoms with van der Waals surface area (Å²) in [6, 6.07) is 0. The summed E-state index contributed by atoms with van der Waals surface area (Å²) in [7, 11) is 0. The first-order valence-electron chi connectivity index (χ1n) is 6.95. The van der Waals surface area contributed by atoms with E-state index in [0.717, 1.165) is 6.42 Å². The monoisotopic (exact) mass is 253 g/mol. The summed E-state index contributed by atoms with van der Waals surface area (Å²) < 4.78 is 1.63. The minimum absolute atomic E-state index is 0.360. The van der Waals surface area contributed by atoms with Gasteiger partial charge in [0.15, 0.2) is 0 Å². The molecule has 2 N–H and O–H groups in total. The highest BCUT2D eigenvalue weighted by atomic mass is 16.3. The molecular weight excluding hydrogens is 230 g/mol. The zero-order valence-electron chi connectivity index (χ0n) is 11.0. The van der Waals surface area contributed by atoms with Crippen LogP contribution in [0.4, 0.5) is 0 Å². The van der Waals surface area contributed by atoms with Gasteiger partial charge < -0.3 is 10.2 Å². The van der Waals surface area contributed by atoms with Gasteiger partial charge in [-0.2, -0.15) is 0 Å². The highest BCUT2D eigenvalue weighted by Gasteiger charge is 2.19. The Kier molecular flexibility index (Phi) is 4.72. The molecule has 0 aliphatic heterocycles. The van der Waals surface area contributed by atoms with E-state index in [-0.39, 0.29) is 6.10 Å². The van der Waals surface area contributed by atoms with Crippen molar-refractivity contribution >= 4 is 0 Å². The van der Waals surface area contributed by atoms with E-state index >= 15 is 0 Å². The molecule has 2 rings (SSSR count). The van der Waals surface area contributed by atoms with Gasteiger partial charge in [0.1, 0.15) is 5.69 Å². The molecule has 18 heavy (non-hydrogen) atoms. The fourth-order valence-electron chi connectivity index (χ4n) is 2.69. The lowest BCUT2D eigenvalue weighted by Crippen LogP contribution is -2.19. The van der Waals surface area contributed by atoms with Crippen LogP contribution in [0.3, 0.4) is 0 Å². The smallest absolute Gasteiger partial charge is 0.111 e. The largest absolute Gasteiger partial charge is 0.391 e. The Bertz CT molecular complexity index is 361. The molecular formula is C13H23N3O2. The summed E-state index contributed by atoms with van der Waals surface area (Å²) in [6.45, 7) is 2.37. The standard InChI is InChI=1S/C13H23N3O2/c1-2-13(18)12-9-16(15-14-12)8-11(17)7-10-5-3-4-6-10/h9-11,13,17-18H,2-8H2,1H3. The SMILES string of the molecule is CCC(O)c1cn(CC(O)CC2CCCC2)nn1.